The highest BCUT2D eigenvalue weighted by Gasteiger charge is 2.49. The van der Waals surface area contributed by atoms with E-state index in [0.717, 1.165) is 18.4 Å². The minimum absolute atomic E-state index is 0.0531. The summed E-state index contributed by atoms with van der Waals surface area (Å²) in [5.41, 5.74) is 1.73. The van der Waals surface area contributed by atoms with E-state index >= 15 is 0 Å². The molecule has 1 aromatic rings. The van der Waals surface area contributed by atoms with Gasteiger partial charge >= 0.3 is 0 Å². The van der Waals surface area contributed by atoms with Crippen LogP contribution in [0.4, 0.5) is 5.69 Å². The maximum atomic E-state index is 11.4. The molecule has 5 heteroatoms. The number of aliphatic hydroxyl groups excluding tert-OH is 1. The third-order valence-electron chi connectivity index (χ3n) is 4.08. The van der Waals surface area contributed by atoms with Crippen molar-refractivity contribution in [3.63, 3.8) is 0 Å². The van der Waals surface area contributed by atoms with E-state index in [1.807, 2.05) is 25.2 Å². The number of hydrogen-bond donors (Lipinski definition) is 3. The predicted molar refractivity (Wildman–Crippen MR) is 71.1 cm³/mol. The van der Waals surface area contributed by atoms with E-state index in [4.69, 9.17) is 4.74 Å². The molecule has 0 radical (unpaired) electrons. The largest absolute Gasteiger partial charge is 0.482 e. The zero-order chi connectivity index (χ0) is 13.5. The van der Waals surface area contributed by atoms with Crippen molar-refractivity contribution in [2.45, 2.75) is 18.9 Å². The Labute approximate surface area is 112 Å². The van der Waals surface area contributed by atoms with Crippen LogP contribution in [0.25, 0.3) is 0 Å². The highest BCUT2D eigenvalue weighted by atomic mass is 16.5. The smallest absolute Gasteiger partial charge is 0.262 e. The van der Waals surface area contributed by atoms with Crippen molar-refractivity contribution in [2.24, 2.45) is 5.41 Å². The molecular formula is C14H18N2O3. The molecule has 19 heavy (non-hydrogen) atoms. The molecule has 102 valence electrons. The highest BCUT2D eigenvalue weighted by molar-refractivity contribution is 5.95. The first-order valence-electron chi connectivity index (χ1n) is 6.53. The number of carbonyl (C=O) groups is 1. The first kappa shape index (κ1) is 12.4. The SMILES string of the molecule is CNC(c1ccc2c(c1)NC(=O)CO2)C1(CO)CC1. The van der Waals surface area contributed by atoms with Crippen LogP contribution in [0.2, 0.25) is 0 Å². The zero-order valence-electron chi connectivity index (χ0n) is 10.9. The van der Waals surface area contributed by atoms with Gasteiger partial charge in [0.1, 0.15) is 5.75 Å². The van der Waals surface area contributed by atoms with E-state index in [9.17, 15) is 9.90 Å². The Morgan fingerprint density at radius 3 is 2.95 bits per heavy atom. The number of ether oxygens (including phenoxy) is 1. The third kappa shape index (κ3) is 2.09. The van der Waals surface area contributed by atoms with Crippen molar-refractivity contribution in [3.05, 3.63) is 23.8 Å². The summed E-state index contributed by atoms with van der Waals surface area (Å²) in [6, 6.07) is 5.90. The minimum atomic E-state index is -0.131. The molecule has 0 spiro atoms. The van der Waals surface area contributed by atoms with E-state index in [1.54, 1.807) is 0 Å². The van der Waals surface area contributed by atoms with Crippen LogP contribution in [0.5, 0.6) is 5.75 Å². The van der Waals surface area contributed by atoms with Gasteiger partial charge in [0.05, 0.1) is 12.3 Å². The van der Waals surface area contributed by atoms with Crippen LogP contribution in [-0.4, -0.2) is 31.3 Å². The minimum Gasteiger partial charge on any atom is -0.482 e. The lowest BCUT2D eigenvalue weighted by Crippen LogP contribution is -2.30. The molecule has 1 atom stereocenters. The Morgan fingerprint density at radius 2 is 2.32 bits per heavy atom. The van der Waals surface area contributed by atoms with Crippen LogP contribution in [0, 0.1) is 5.41 Å². The molecule has 1 saturated carbocycles. The van der Waals surface area contributed by atoms with Crippen LogP contribution in [0.3, 0.4) is 0 Å². The standard InChI is InChI=1S/C14H18N2O3/c1-15-13(14(8-17)4-5-14)9-2-3-11-10(6-9)16-12(18)7-19-11/h2-3,6,13,15,17H,4-5,7-8H2,1H3,(H,16,18). The Bertz CT molecular complexity index is 511. The van der Waals surface area contributed by atoms with Crippen molar-refractivity contribution >= 4 is 11.6 Å². The average Bonchev–Trinajstić information content (AvgIpc) is 3.20. The molecule has 2 aliphatic rings. The monoisotopic (exact) mass is 262 g/mol. The second kappa shape index (κ2) is 4.51. The maximum Gasteiger partial charge on any atom is 0.262 e. The van der Waals surface area contributed by atoms with E-state index in [-0.39, 0.29) is 30.6 Å². The molecule has 1 aliphatic carbocycles. The van der Waals surface area contributed by atoms with Gasteiger partial charge in [0.25, 0.3) is 5.91 Å². The van der Waals surface area contributed by atoms with Gasteiger partial charge in [-0.05, 0) is 37.6 Å². The van der Waals surface area contributed by atoms with E-state index in [2.05, 4.69) is 10.6 Å². The number of fused-ring (bicyclic) bond motifs is 1. The molecular weight excluding hydrogens is 244 g/mol. The first-order valence-corrected chi connectivity index (χ1v) is 6.53. The van der Waals surface area contributed by atoms with Gasteiger partial charge in [-0.2, -0.15) is 0 Å². The van der Waals surface area contributed by atoms with Crippen LogP contribution >= 0.6 is 0 Å². The molecule has 1 aromatic carbocycles. The van der Waals surface area contributed by atoms with E-state index < -0.39 is 0 Å². The summed E-state index contributed by atoms with van der Waals surface area (Å²) in [6.45, 7) is 0.251. The van der Waals surface area contributed by atoms with Gasteiger partial charge in [-0.3, -0.25) is 4.79 Å². The summed E-state index contributed by atoms with van der Waals surface area (Å²) in [5, 5.41) is 15.7. The van der Waals surface area contributed by atoms with Crippen LogP contribution in [0.15, 0.2) is 18.2 Å². The fourth-order valence-electron chi connectivity index (χ4n) is 2.81. The fraction of sp³-hybridized carbons (Fsp3) is 0.500. The fourth-order valence-corrected chi connectivity index (χ4v) is 2.81. The third-order valence-corrected chi connectivity index (χ3v) is 4.08. The van der Waals surface area contributed by atoms with Gasteiger partial charge in [0.15, 0.2) is 6.61 Å². The van der Waals surface area contributed by atoms with Crippen molar-refractivity contribution in [3.8, 4) is 5.75 Å². The number of nitrogens with one attached hydrogen (secondary N) is 2. The lowest BCUT2D eigenvalue weighted by molar-refractivity contribution is -0.118. The molecule has 0 bridgehead atoms. The summed E-state index contributed by atoms with van der Waals surface area (Å²) in [5.74, 6) is 0.570. The van der Waals surface area contributed by atoms with Gasteiger partial charge in [-0.15, -0.1) is 0 Å². The first-order chi connectivity index (χ1) is 9.18. The van der Waals surface area contributed by atoms with Gasteiger partial charge in [-0.25, -0.2) is 0 Å². The predicted octanol–water partition coefficient (Wildman–Crippen LogP) is 1.05. The van der Waals surface area contributed by atoms with E-state index in [0.29, 0.717) is 11.4 Å². The summed E-state index contributed by atoms with van der Waals surface area (Å²) >= 11 is 0. The zero-order valence-corrected chi connectivity index (χ0v) is 10.9. The summed E-state index contributed by atoms with van der Waals surface area (Å²) < 4.78 is 5.35. The van der Waals surface area contributed by atoms with Crippen LogP contribution in [-0.2, 0) is 4.79 Å². The number of hydrogen-bond acceptors (Lipinski definition) is 4. The molecule has 3 rings (SSSR count). The summed E-state index contributed by atoms with van der Waals surface area (Å²) in [6.07, 6.45) is 2.05. The Morgan fingerprint density at radius 1 is 1.53 bits per heavy atom. The van der Waals surface area contributed by atoms with Crippen LogP contribution < -0.4 is 15.4 Å². The van der Waals surface area contributed by atoms with Crippen molar-refractivity contribution in [1.82, 2.24) is 5.32 Å². The molecule has 1 heterocycles. The molecule has 1 amide bonds. The van der Waals surface area contributed by atoms with Gasteiger partial charge in [-0.1, -0.05) is 6.07 Å². The highest BCUT2D eigenvalue weighted by Crippen LogP contribution is 2.54. The Kier molecular flexibility index (Phi) is 2.95. The van der Waals surface area contributed by atoms with Crippen molar-refractivity contribution in [1.29, 1.82) is 0 Å². The summed E-state index contributed by atoms with van der Waals surface area (Å²) in [7, 11) is 1.90. The number of benzene rings is 1. The van der Waals surface area contributed by atoms with Crippen molar-refractivity contribution < 1.29 is 14.6 Å². The second-order valence-electron chi connectivity index (χ2n) is 5.33. The number of anilines is 1. The van der Waals surface area contributed by atoms with Gasteiger partial charge < -0.3 is 20.5 Å². The maximum absolute atomic E-state index is 11.4. The quantitative estimate of drug-likeness (QED) is 0.758. The molecule has 0 saturated heterocycles. The Hall–Kier alpha value is -1.59. The number of aliphatic hydroxyl groups is 1. The molecule has 1 aliphatic heterocycles. The average molecular weight is 262 g/mol. The number of carbonyl (C=O) groups excluding carboxylic acids is 1. The summed E-state index contributed by atoms with van der Waals surface area (Å²) in [4.78, 5) is 11.4. The second-order valence-corrected chi connectivity index (χ2v) is 5.33. The normalized spacial score (nSPS) is 21.1. The van der Waals surface area contributed by atoms with Gasteiger partial charge in [0, 0.05) is 11.5 Å². The van der Waals surface area contributed by atoms with Gasteiger partial charge in [0.2, 0.25) is 0 Å². The number of amides is 1. The molecule has 3 N–H and O–H groups in total. The van der Waals surface area contributed by atoms with Crippen LogP contribution in [0.1, 0.15) is 24.4 Å². The topological polar surface area (TPSA) is 70.6 Å². The molecule has 0 aromatic heterocycles. The number of rotatable bonds is 4. The van der Waals surface area contributed by atoms with E-state index in [1.165, 1.54) is 0 Å². The lowest BCUT2D eigenvalue weighted by atomic mass is 9.90. The lowest BCUT2D eigenvalue weighted by Gasteiger charge is -2.27. The molecule has 5 nitrogen and oxygen atoms in total. The molecule has 1 unspecified atom stereocenters. The Balaban J connectivity index is 1.92. The molecule has 1 fully saturated rings. The van der Waals surface area contributed by atoms with Crippen molar-refractivity contribution in [2.75, 3.05) is 25.6 Å².